The quantitative estimate of drug-likeness (QED) is 0.0450. The van der Waals surface area contributed by atoms with E-state index in [1.54, 1.807) is 6.07 Å². The Labute approximate surface area is 536 Å². The van der Waals surface area contributed by atoms with Crippen LogP contribution in [-0.4, -0.2) is 28.7 Å². The zero-order chi connectivity index (χ0) is 63.5. The minimum Gasteiger partial charge on any atom is -0.326 e. The first-order valence-corrected chi connectivity index (χ1v) is 36.9. The van der Waals surface area contributed by atoms with Crippen LogP contribution < -0.4 is 16.0 Å². The number of nitrogens with one attached hydrogen (secondary N) is 3. The Morgan fingerprint density at radius 3 is 0.767 bits per heavy atom. The number of halogens is 1. The fourth-order valence-electron chi connectivity index (χ4n) is 11.2. The van der Waals surface area contributed by atoms with Gasteiger partial charge in [-0.25, -0.2) is 0 Å². The van der Waals surface area contributed by atoms with Crippen molar-refractivity contribution < 1.29 is 24.0 Å². The van der Waals surface area contributed by atoms with E-state index >= 15 is 0 Å². The van der Waals surface area contributed by atoms with Gasteiger partial charge in [-0.3, -0.25) is 24.0 Å². The molecule has 3 amide bonds. The molecule has 0 fully saturated rings. The molecule has 2 aromatic rings. The maximum Gasteiger partial charge on any atom is 0.224 e. The van der Waals surface area contributed by atoms with Gasteiger partial charge in [-0.1, -0.05) is 304 Å². The predicted octanol–water partition coefficient (Wildman–Crippen LogP) is 24.9. The molecule has 0 aromatic heterocycles. The van der Waals surface area contributed by atoms with Crippen LogP contribution in [-0.2, 0) is 30.4 Å². The molecule has 0 saturated carbocycles. The van der Waals surface area contributed by atoms with E-state index in [9.17, 15) is 24.0 Å². The number of carbonyl (C=O) groups excluding carboxylic acids is 5. The number of hydrogen-bond acceptors (Lipinski definition) is 5. The van der Waals surface area contributed by atoms with Crippen LogP contribution in [0.4, 0.5) is 17.1 Å². The first kappa shape index (κ1) is 82.5. The van der Waals surface area contributed by atoms with Crippen LogP contribution in [0.25, 0.3) is 0 Å². The van der Waals surface area contributed by atoms with Crippen molar-refractivity contribution in [1.29, 1.82) is 0 Å². The smallest absolute Gasteiger partial charge is 0.224 e. The molecule has 496 valence electrons. The van der Waals surface area contributed by atoms with E-state index in [1.165, 1.54) is 221 Å². The number of Topliss-reactive ketones (excluding diaryl/α,β-unsaturated/α-hetero) is 1. The molecule has 9 heteroatoms. The topological polar surface area (TPSA) is 121 Å². The lowest BCUT2D eigenvalue weighted by Gasteiger charge is -2.19. The molecule has 0 atom stereocenters. The summed E-state index contributed by atoms with van der Waals surface area (Å²) in [6, 6.07) is 8.11. The van der Waals surface area contributed by atoms with Gasteiger partial charge in [-0.15, -0.1) is 0 Å². The van der Waals surface area contributed by atoms with Crippen molar-refractivity contribution in [3.05, 3.63) is 52.1 Å². The second-order valence-corrected chi connectivity index (χ2v) is 26.1. The molecule has 0 radical (unpaired) electrons. The maximum atomic E-state index is 13.5. The fraction of sp³-hybridized carbons (Fsp3) is 0.779. The zero-order valence-corrected chi connectivity index (χ0v) is 58.5. The van der Waals surface area contributed by atoms with Gasteiger partial charge in [-0.2, -0.15) is 0 Å². The summed E-state index contributed by atoms with van der Waals surface area (Å²) in [7, 11) is 0. The summed E-state index contributed by atoms with van der Waals surface area (Å²) in [6.45, 7) is 19.8. The molecule has 0 bridgehead atoms. The number of amides is 3. The third-order valence-electron chi connectivity index (χ3n) is 17.1. The predicted molar refractivity (Wildman–Crippen MR) is 377 cm³/mol. The summed E-state index contributed by atoms with van der Waals surface area (Å²) in [5.41, 5.74) is 7.81. The molecule has 3 N–H and O–H groups in total. The second kappa shape index (κ2) is 60.4. The number of hydrogen-bond donors (Lipinski definition) is 3. The van der Waals surface area contributed by atoms with Crippen LogP contribution in [0.3, 0.4) is 0 Å². The highest BCUT2D eigenvalue weighted by molar-refractivity contribution is 6.63. The van der Waals surface area contributed by atoms with E-state index in [0.717, 1.165) is 89.9 Å². The average molecular weight is 1220 g/mol. The Bertz CT molecular complexity index is 1750. The third kappa shape index (κ3) is 51.4. The first-order valence-electron chi connectivity index (χ1n) is 36.5. The molecule has 0 aliphatic rings. The molecular weight excluding hydrogens is 1080 g/mol. The van der Waals surface area contributed by atoms with E-state index < -0.39 is 0 Å². The minimum atomic E-state index is -0.187. The first-order chi connectivity index (χ1) is 41.7. The molecule has 0 heterocycles. The molecule has 8 nitrogen and oxygen atoms in total. The summed E-state index contributed by atoms with van der Waals surface area (Å²) in [5.74, 6) is -0.119. The summed E-state index contributed by atoms with van der Waals surface area (Å²) in [5, 5.41) is 9.17. The summed E-state index contributed by atoms with van der Waals surface area (Å²) in [4.78, 5) is 64.1. The second-order valence-electron chi connectivity index (χ2n) is 25.7. The summed E-state index contributed by atoms with van der Waals surface area (Å²) < 4.78 is 0. The molecule has 0 aliphatic carbocycles. The number of anilines is 3. The molecule has 0 unspecified atom stereocenters. The Balaban J connectivity index is 0.00000246. The van der Waals surface area contributed by atoms with Gasteiger partial charge in [0.25, 0.3) is 0 Å². The molecule has 2 aromatic carbocycles. The highest BCUT2D eigenvalue weighted by Crippen LogP contribution is 2.32. The van der Waals surface area contributed by atoms with Crippen molar-refractivity contribution in [2.45, 2.75) is 390 Å². The Kier molecular flexibility index (Phi) is 57.9. The number of unbranched alkanes of at least 4 members (excludes halogenated alkanes) is 40. The largest absolute Gasteiger partial charge is 0.326 e. The Hall–Kier alpha value is -3.52. The van der Waals surface area contributed by atoms with Crippen molar-refractivity contribution in [3.8, 4) is 0 Å². The number of carbonyl (C=O) groups is 5. The molecule has 2 rings (SSSR count). The summed E-state index contributed by atoms with van der Waals surface area (Å²) in [6.07, 6.45) is 56.6. The number of benzene rings is 2. The Morgan fingerprint density at radius 2 is 0.500 bits per heavy atom. The monoisotopic (exact) mass is 1220 g/mol. The lowest BCUT2D eigenvalue weighted by atomic mass is 9.99. The molecular formula is C77H136ClN3O5. The zero-order valence-electron chi connectivity index (χ0n) is 57.8. The van der Waals surface area contributed by atoms with Crippen LogP contribution in [0.15, 0.2) is 24.3 Å². The number of aryl methyl sites for hydroxylation is 4. The van der Waals surface area contributed by atoms with Gasteiger partial charge in [-0.05, 0) is 111 Å². The summed E-state index contributed by atoms with van der Waals surface area (Å²) >= 11 is 5.24. The molecule has 0 saturated heterocycles. The van der Waals surface area contributed by atoms with E-state index in [1.807, 2.05) is 6.07 Å². The lowest BCUT2D eigenvalue weighted by molar-refractivity contribution is -0.119. The van der Waals surface area contributed by atoms with Gasteiger partial charge >= 0.3 is 0 Å². The third-order valence-corrected chi connectivity index (χ3v) is 17.3. The van der Waals surface area contributed by atoms with Crippen molar-refractivity contribution in [2.75, 3.05) is 16.0 Å². The highest BCUT2D eigenvalue weighted by Gasteiger charge is 2.19. The van der Waals surface area contributed by atoms with Crippen molar-refractivity contribution in [2.24, 2.45) is 0 Å². The van der Waals surface area contributed by atoms with Crippen LogP contribution in [0, 0.1) is 27.7 Å². The van der Waals surface area contributed by atoms with Gasteiger partial charge in [0.15, 0.2) is 0 Å². The van der Waals surface area contributed by atoms with Gasteiger partial charge in [0.1, 0.15) is 5.78 Å². The van der Waals surface area contributed by atoms with E-state index in [-0.39, 0.29) is 35.2 Å². The van der Waals surface area contributed by atoms with Crippen LogP contribution >= 0.6 is 11.6 Å². The van der Waals surface area contributed by atoms with Crippen molar-refractivity contribution >= 4 is 57.4 Å². The van der Waals surface area contributed by atoms with Crippen molar-refractivity contribution in [1.82, 2.24) is 0 Å². The van der Waals surface area contributed by atoms with Gasteiger partial charge < -0.3 is 16.0 Å². The highest BCUT2D eigenvalue weighted by atomic mass is 35.5. The minimum absolute atomic E-state index is 0.0744. The molecule has 0 spiro atoms. The van der Waals surface area contributed by atoms with Crippen LogP contribution in [0.2, 0.25) is 0 Å². The van der Waals surface area contributed by atoms with Gasteiger partial charge in [0.2, 0.25) is 23.0 Å². The van der Waals surface area contributed by atoms with E-state index in [0.29, 0.717) is 54.7 Å². The van der Waals surface area contributed by atoms with Gasteiger partial charge in [0, 0.05) is 44.2 Å². The maximum absolute atomic E-state index is 13.5. The van der Waals surface area contributed by atoms with Crippen molar-refractivity contribution in [3.63, 3.8) is 0 Å². The SMILES string of the molecule is CCCCCCCCCCCC(=O)Cc1cc(NC(=O)CCCCCCCCCCC)c(NC(=O)CCCCCCCCCCC)cc1NC(=O)CCCCCCCCCCC.CCCCCCCCCCCC(=O)Cl.Cc1cc(C)c(C)cc1C. The number of rotatable bonds is 55. The van der Waals surface area contributed by atoms with Crippen LogP contribution in [0.1, 0.15) is 383 Å². The van der Waals surface area contributed by atoms with E-state index in [4.69, 9.17) is 11.6 Å². The fourth-order valence-corrected chi connectivity index (χ4v) is 11.3. The standard InChI is InChI=1S/C55H99N3O4.C12H23ClO.C10H14/c1-5-9-13-17-21-25-29-33-37-41-49(59)45-48-46-51(57-54(61)43-39-35-31-27-23-19-15-11-7-3)52(58-55(62)44-40-36-32-28-24-20-16-12-8-4)47-50(48)56-53(60)42-38-34-30-26-22-18-14-10-6-2;1-2-3-4-5-6-7-8-9-10-11-12(13)14;1-7-5-9(3)10(4)6-8(7)2/h46-47H,5-45H2,1-4H3,(H,56,60)(H,57,61)(H,58,62);2-11H2,1H3;5-6H,1-4H3. The van der Waals surface area contributed by atoms with Crippen LogP contribution in [0.5, 0.6) is 0 Å². The lowest BCUT2D eigenvalue weighted by Crippen LogP contribution is -2.19. The normalized spacial score (nSPS) is 11.0. The molecule has 86 heavy (non-hydrogen) atoms. The number of ketones is 1. The molecule has 0 aliphatic heterocycles. The Morgan fingerprint density at radius 1 is 0.279 bits per heavy atom. The van der Waals surface area contributed by atoms with E-state index in [2.05, 4.69) is 90.4 Å². The van der Waals surface area contributed by atoms with Gasteiger partial charge in [0.05, 0.1) is 11.4 Å². The average Bonchev–Trinajstić information content (AvgIpc) is 3.41.